The van der Waals surface area contributed by atoms with Crippen LogP contribution in [0.25, 0.3) is 33.3 Å². The molecule has 0 fully saturated rings. The number of hydrogen-bond donors (Lipinski definition) is 0. The fourth-order valence-corrected chi connectivity index (χ4v) is 4.11. The summed E-state index contributed by atoms with van der Waals surface area (Å²) in [4.78, 5) is 17.8. The van der Waals surface area contributed by atoms with Crippen LogP contribution in [-0.2, 0) is 12.3 Å². The molecule has 0 aliphatic heterocycles. The van der Waals surface area contributed by atoms with Crippen molar-refractivity contribution in [1.82, 2.24) is 19.7 Å². The van der Waals surface area contributed by atoms with Crippen molar-refractivity contribution >= 4 is 33.4 Å². The van der Waals surface area contributed by atoms with E-state index in [-0.39, 0.29) is 5.56 Å². The number of rotatable bonds is 5. The molecular weight excluding hydrogens is 388 g/mol. The molecule has 0 atom stereocenters. The topological polar surface area (TPSA) is 86.9 Å². The van der Waals surface area contributed by atoms with E-state index in [1.54, 1.807) is 23.0 Å². The Morgan fingerprint density at radius 2 is 1.90 bits per heavy atom. The second-order valence-electron chi connectivity index (χ2n) is 6.43. The zero-order valence-corrected chi connectivity index (χ0v) is 16.3. The molecular formula is C21H16N4O3S. The van der Waals surface area contributed by atoms with Crippen LogP contribution in [0, 0.1) is 0 Å². The van der Waals surface area contributed by atoms with Gasteiger partial charge in [-0.1, -0.05) is 36.0 Å². The third-order valence-corrected chi connectivity index (χ3v) is 5.59. The van der Waals surface area contributed by atoms with Gasteiger partial charge in [0.1, 0.15) is 0 Å². The van der Waals surface area contributed by atoms with Crippen LogP contribution in [0.4, 0.5) is 0 Å². The van der Waals surface area contributed by atoms with Crippen molar-refractivity contribution in [3.63, 3.8) is 0 Å². The quantitative estimate of drug-likeness (QED) is 0.242. The molecule has 0 aliphatic carbocycles. The molecule has 0 saturated carbocycles. The van der Waals surface area contributed by atoms with Gasteiger partial charge >= 0.3 is 0 Å². The Labute approximate surface area is 169 Å². The van der Waals surface area contributed by atoms with E-state index in [0.29, 0.717) is 45.9 Å². The van der Waals surface area contributed by atoms with E-state index >= 15 is 0 Å². The van der Waals surface area contributed by atoms with E-state index in [1.807, 2.05) is 43.3 Å². The van der Waals surface area contributed by atoms with Crippen LogP contribution >= 0.6 is 11.8 Å². The number of thioether (sulfide) groups is 1. The molecule has 5 rings (SSSR count). The van der Waals surface area contributed by atoms with Crippen molar-refractivity contribution in [2.75, 3.05) is 0 Å². The normalized spacial score (nSPS) is 11.5. The van der Waals surface area contributed by atoms with Crippen LogP contribution in [-0.4, -0.2) is 19.7 Å². The molecule has 8 heteroatoms. The molecule has 0 N–H and O–H groups in total. The van der Waals surface area contributed by atoms with Crippen molar-refractivity contribution in [1.29, 1.82) is 0 Å². The summed E-state index contributed by atoms with van der Waals surface area (Å²) in [5.74, 6) is 1.70. The summed E-state index contributed by atoms with van der Waals surface area (Å²) in [6, 6.07) is 15.3. The predicted molar refractivity (Wildman–Crippen MR) is 111 cm³/mol. The van der Waals surface area contributed by atoms with Gasteiger partial charge in [0.15, 0.2) is 10.9 Å². The highest BCUT2D eigenvalue weighted by molar-refractivity contribution is 7.98. The first-order valence-electron chi connectivity index (χ1n) is 9.15. The maximum atomic E-state index is 13.0. The Morgan fingerprint density at radius 3 is 2.66 bits per heavy atom. The molecule has 0 unspecified atom stereocenters. The van der Waals surface area contributed by atoms with E-state index in [0.717, 1.165) is 10.8 Å². The molecule has 0 spiro atoms. The lowest BCUT2D eigenvalue weighted by molar-refractivity contribution is 0.494. The van der Waals surface area contributed by atoms with Gasteiger partial charge in [-0.25, -0.2) is 4.98 Å². The highest BCUT2D eigenvalue weighted by Gasteiger charge is 2.15. The van der Waals surface area contributed by atoms with Gasteiger partial charge in [0, 0.05) is 6.54 Å². The molecule has 5 aromatic rings. The predicted octanol–water partition coefficient (Wildman–Crippen LogP) is 4.50. The van der Waals surface area contributed by atoms with E-state index in [1.165, 1.54) is 11.8 Å². The second kappa shape index (κ2) is 7.21. The van der Waals surface area contributed by atoms with Crippen molar-refractivity contribution in [2.45, 2.75) is 24.4 Å². The average Bonchev–Trinajstić information content (AvgIpc) is 3.43. The molecule has 0 aliphatic rings. The molecule has 3 heterocycles. The molecule has 0 amide bonds. The molecule has 144 valence electrons. The van der Waals surface area contributed by atoms with Gasteiger partial charge in [-0.15, -0.1) is 10.2 Å². The third-order valence-electron chi connectivity index (χ3n) is 4.63. The van der Waals surface area contributed by atoms with E-state index < -0.39 is 0 Å². The number of hydrogen-bond acceptors (Lipinski definition) is 7. The van der Waals surface area contributed by atoms with Gasteiger partial charge in [0.2, 0.25) is 5.89 Å². The van der Waals surface area contributed by atoms with Gasteiger partial charge in [0.05, 0.1) is 22.9 Å². The Morgan fingerprint density at radius 1 is 1.07 bits per heavy atom. The zero-order valence-electron chi connectivity index (χ0n) is 15.5. The Bertz CT molecular complexity index is 1370. The summed E-state index contributed by atoms with van der Waals surface area (Å²) in [5.41, 5.74) is 0.635. The summed E-state index contributed by atoms with van der Waals surface area (Å²) < 4.78 is 12.6. The van der Waals surface area contributed by atoms with Gasteiger partial charge < -0.3 is 8.83 Å². The molecule has 7 nitrogen and oxygen atoms in total. The first-order chi connectivity index (χ1) is 14.2. The highest BCUT2D eigenvalue weighted by atomic mass is 32.2. The summed E-state index contributed by atoms with van der Waals surface area (Å²) in [6.07, 6.45) is 1.55. The first-order valence-corrected chi connectivity index (χ1v) is 10.1. The third kappa shape index (κ3) is 3.21. The van der Waals surface area contributed by atoms with E-state index in [9.17, 15) is 4.79 Å². The van der Waals surface area contributed by atoms with Crippen LogP contribution < -0.4 is 5.56 Å². The maximum absolute atomic E-state index is 13.0. The van der Waals surface area contributed by atoms with Gasteiger partial charge in [0.25, 0.3) is 11.4 Å². The lowest BCUT2D eigenvalue weighted by Gasteiger charge is -2.11. The zero-order chi connectivity index (χ0) is 19.8. The standard InChI is InChI=1S/C21H16N4O3S/c1-2-25-20(26)15-10-13-6-3-4-7-14(13)11-16(15)22-21(25)29-12-18-23-24-19(28-18)17-8-5-9-27-17/h3-11H,2,12H2,1H3. The molecule has 2 aromatic carbocycles. The van der Waals surface area contributed by atoms with Crippen LogP contribution in [0.2, 0.25) is 0 Å². The largest absolute Gasteiger partial charge is 0.459 e. The molecule has 0 radical (unpaired) electrons. The van der Waals surface area contributed by atoms with Crippen molar-refractivity contribution < 1.29 is 8.83 Å². The first kappa shape index (κ1) is 17.7. The van der Waals surface area contributed by atoms with Crippen LogP contribution in [0.1, 0.15) is 12.8 Å². The lowest BCUT2D eigenvalue weighted by Crippen LogP contribution is -2.22. The van der Waals surface area contributed by atoms with E-state index in [4.69, 9.17) is 13.8 Å². The van der Waals surface area contributed by atoms with Gasteiger partial charge in [-0.05, 0) is 42.0 Å². The number of fused-ring (bicyclic) bond motifs is 2. The minimum atomic E-state index is -0.0486. The minimum Gasteiger partial charge on any atom is -0.459 e. The molecule has 3 aromatic heterocycles. The average molecular weight is 404 g/mol. The number of nitrogens with zero attached hydrogens (tertiary/aromatic N) is 4. The fourth-order valence-electron chi connectivity index (χ4n) is 3.21. The SMILES string of the molecule is CCn1c(SCc2nnc(-c3ccco3)o2)nc2cc3ccccc3cc2c1=O. The minimum absolute atomic E-state index is 0.0486. The van der Waals surface area contributed by atoms with Crippen molar-refractivity contribution in [3.8, 4) is 11.7 Å². The van der Waals surface area contributed by atoms with Crippen LogP contribution in [0.3, 0.4) is 0 Å². The van der Waals surface area contributed by atoms with Gasteiger partial charge in [-0.2, -0.15) is 0 Å². The maximum Gasteiger partial charge on any atom is 0.283 e. The summed E-state index contributed by atoms with van der Waals surface area (Å²) >= 11 is 1.39. The second-order valence-corrected chi connectivity index (χ2v) is 7.37. The summed E-state index contributed by atoms with van der Waals surface area (Å²) in [6.45, 7) is 2.46. The molecule has 29 heavy (non-hydrogen) atoms. The van der Waals surface area contributed by atoms with Crippen molar-refractivity contribution in [2.24, 2.45) is 0 Å². The lowest BCUT2D eigenvalue weighted by atomic mass is 10.1. The molecule has 0 bridgehead atoms. The van der Waals surface area contributed by atoms with E-state index in [2.05, 4.69) is 10.2 Å². The van der Waals surface area contributed by atoms with Crippen molar-refractivity contribution in [3.05, 3.63) is 71.0 Å². The number of aromatic nitrogens is 4. The van der Waals surface area contributed by atoms with Crippen LogP contribution in [0.5, 0.6) is 0 Å². The smallest absolute Gasteiger partial charge is 0.283 e. The van der Waals surface area contributed by atoms with Gasteiger partial charge in [-0.3, -0.25) is 9.36 Å². The fraction of sp³-hybridized carbons (Fsp3) is 0.143. The number of furan rings is 1. The van der Waals surface area contributed by atoms with Crippen LogP contribution in [0.15, 0.2) is 73.6 Å². The Kier molecular flexibility index (Phi) is 4.40. The highest BCUT2D eigenvalue weighted by Crippen LogP contribution is 2.26. The number of benzene rings is 2. The Balaban J connectivity index is 1.50. The Hall–Kier alpha value is -3.39. The monoisotopic (exact) mass is 404 g/mol. The summed E-state index contributed by atoms with van der Waals surface area (Å²) in [5, 5.41) is 11.4. The molecule has 0 saturated heterocycles. The summed E-state index contributed by atoms with van der Waals surface area (Å²) in [7, 11) is 0.